The number of carbonyl (C=O) groups is 1. The Morgan fingerprint density at radius 2 is 1.74 bits per heavy atom. The molecule has 200 valence electrons. The van der Waals surface area contributed by atoms with Crippen LogP contribution in [0.5, 0.6) is 11.5 Å². The molecule has 11 heteroatoms. The lowest BCUT2D eigenvalue weighted by atomic mass is 9.98. The molecule has 1 heterocycles. The van der Waals surface area contributed by atoms with Gasteiger partial charge in [-0.1, -0.05) is 0 Å². The average molecular weight is 556 g/mol. The molecule has 2 aromatic carbocycles. The van der Waals surface area contributed by atoms with Crippen molar-refractivity contribution in [3.63, 3.8) is 0 Å². The molecule has 1 aliphatic carbocycles. The third kappa shape index (κ3) is 5.89. The van der Waals surface area contributed by atoms with Crippen LogP contribution >= 0.6 is 0 Å². The summed E-state index contributed by atoms with van der Waals surface area (Å²) in [5.74, 6) is 0.577. The minimum Gasteiger partial charge on any atom is -0.457 e. The second kappa shape index (κ2) is 10.2. The van der Waals surface area contributed by atoms with Crippen molar-refractivity contribution in [1.82, 2.24) is 9.88 Å². The van der Waals surface area contributed by atoms with E-state index in [-0.39, 0.29) is 22.8 Å². The zero-order valence-corrected chi connectivity index (χ0v) is 23.4. The van der Waals surface area contributed by atoms with Gasteiger partial charge in [0, 0.05) is 77.0 Å². The van der Waals surface area contributed by atoms with Gasteiger partial charge in [-0.15, -0.1) is 0 Å². The molecule has 0 saturated heterocycles. The molecule has 9 nitrogen and oxygen atoms in total. The summed E-state index contributed by atoms with van der Waals surface area (Å²) in [7, 11) is -4.19. The molecular weight excluding hydrogens is 526 g/mol. The molecule has 0 atom stereocenters. The molecule has 4 rings (SSSR count). The van der Waals surface area contributed by atoms with Crippen molar-refractivity contribution in [3.05, 3.63) is 75.7 Å². The van der Waals surface area contributed by atoms with Gasteiger partial charge in [-0.2, -0.15) is 4.36 Å². The van der Waals surface area contributed by atoms with Crippen LogP contribution in [0.1, 0.15) is 18.1 Å². The highest BCUT2D eigenvalue weighted by Crippen LogP contribution is 2.41. The Bertz CT molecular complexity index is 1750. The van der Waals surface area contributed by atoms with Crippen molar-refractivity contribution in [2.75, 3.05) is 25.3 Å². The van der Waals surface area contributed by atoms with Gasteiger partial charge in [-0.3, -0.25) is 9.59 Å². The van der Waals surface area contributed by atoms with Crippen molar-refractivity contribution >= 4 is 37.2 Å². The first kappa shape index (κ1) is 27.3. The van der Waals surface area contributed by atoms with Crippen LogP contribution < -0.4 is 15.6 Å². The summed E-state index contributed by atoms with van der Waals surface area (Å²) in [6.07, 6.45) is 7.79. The molecule has 0 aliphatic heterocycles. The summed E-state index contributed by atoms with van der Waals surface area (Å²) in [6, 6.07) is 11.1. The molecule has 38 heavy (non-hydrogen) atoms. The van der Waals surface area contributed by atoms with Gasteiger partial charge in [0.2, 0.25) is 5.91 Å². The molecule has 1 aromatic heterocycles. The van der Waals surface area contributed by atoms with Gasteiger partial charge in [0.25, 0.3) is 5.56 Å². The van der Waals surface area contributed by atoms with Crippen LogP contribution in [0.15, 0.2) is 68.3 Å². The first-order chi connectivity index (χ1) is 17.8. The van der Waals surface area contributed by atoms with Crippen molar-refractivity contribution < 1.29 is 22.2 Å². The number of hydrogen-bond acceptors (Lipinski definition) is 7. The number of carbonyl (C=O) groups excluding carboxylic acids is 1. The molecule has 0 saturated carbocycles. The van der Waals surface area contributed by atoms with E-state index in [0.717, 1.165) is 6.26 Å². The second-order valence-electron chi connectivity index (χ2n) is 9.36. The van der Waals surface area contributed by atoms with Crippen molar-refractivity contribution in [3.8, 4) is 22.6 Å². The predicted octanol–water partition coefficient (Wildman–Crippen LogP) is 3.68. The van der Waals surface area contributed by atoms with Crippen LogP contribution in [0.25, 0.3) is 17.2 Å². The Labute approximate surface area is 222 Å². The average Bonchev–Trinajstić information content (AvgIpc) is 3.27. The van der Waals surface area contributed by atoms with Gasteiger partial charge < -0.3 is 14.6 Å². The Balaban J connectivity index is 1.91. The van der Waals surface area contributed by atoms with E-state index in [1.807, 2.05) is 6.92 Å². The quantitative estimate of drug-likeness (QED) is 0.474. The van der Waals surface area contributed by atoms with Gasteiger partial charge in [-0.25, -0.2) is 12.6 Å². The first-order valence-corrected chi connectivity index (χ1v) is 16.0. The summed E-state index contributed by atoms with van der Waals surface area (Å²) < 4.78 is 48.0. The second-order valence-corrected chi connectivity index (χ2v) is 13.9. The third-order valence-corrected chi connectivity index (χ3v) is 7.67. The summed E-state index contributed by atoms with van der Waals surface area (Å²) >= 11 is 0. The standard InChI is InChI=1S/C27H29N3O6S2/c1-6-28-26(31)17-13-21-23(14-17)27(32)30(2)16-24(21)22-15-18(29-37(3,4)33)7-12-25(22)36-19-8-10-20(11-9-19)38(5,34)35/h7-13,15-16H,6,14H2,1-5H3,(H,28,31). The van der Waals surface area contributed by atoms with E-state index >= 15 is 0 Å². The maximum Gasteiger partial charge on any atom is 0.254 e. The maximum absolute atomic E-state index is 13.0. The first-order valence-electron chi connectivity index (χ1n) is 11.8. The fraction of sp³-hybridized carbons (Fsp3) is 0.259. The highest BCUT2D eigenvalue weighted by molar-refractivity contribution is 7.92. The van der Waals surface area contributed by atoms with Crippen LogP contribution in [0, 0.1) is 0 Å². The lowest BCUT2D eigenvalue weighted by Gasteiger charge is -2.16. The Morgan fingerprint density at radius 3 is 2.34 bits per heavy atom. The highest BCUT2D eigenvalue weighted by atomic mass is 32.2. The van der Waals surface area contributed by atoms with E-state index in [1.165, 1.54) is 29.2 Å². The largest absolute Gasteiger partial charge is 0.457 e. The smallest absolute Gasteiger partial charge is 0.254 e. The number of hydrogen-bond donors (Lipinski definition) is 1. The van der Waals surface area contributed by atoms with Gasteiger partial charge in [0.1, 0.15) is 11.5 Å². The summed E-state index contributed by atoms with van der Waals surface area (Å²) in [5, 5.41) is 2.78. The number of benzene rings is 2. The van der Waals surface area contributed by atoms with Gasteiger partial charge in [0.05, 0.1) is 10.6 Å². The minimum absolute atomic E-state index is 0.166. The summed E-state index contributed by atoms with van der Waals surface area (Å²) in [6.45, 7) is 2.29. The maximum atomic E-state index is 13.0. The monoisotopic (exact) mass is 555 g/mol. The number of sulfone groups is 1. The van der Waals surface area contributed by atoms with E-state index in [9.17, 15) is 22.2 Å². The van der Waals surface area contributed by atoms with Gasteiger partial charge in [0.15, 0.2) is 9.84 Å². The number of amides is 1. The van der Waals surface area contributed by atoms with Gasteiger partial charge >= 0.3 is 0 Å². The number of pyridine rings is 1. The number of likely N-dealkylation sites (N-methyl/N-ethyl adjacent to an activating group) is 1. The fourth-order valence-corrected chi connectivity index (χ4v) is 5.46. The topological polar surface area (TPSA) is 124 Å². The summed E-state index contributed by atoms with van der Waals surface area (Å²) in [5.41, 5.74) is 3.05. The molecule has 1 amide bonds. The normalized spacial score (nSPS) is 13.0. The number of rotatable bonds is 7. The van der Waals surface area contributed by atoms with E-state index in [0.29, 0.717) is 51.6 Å². The Hall–Kier alpha value is -3.70. The van der Waals surface area contributed by atoms with Crippen LogP contribution in [0.2, 0.25) is 0 Å². The van der Waals surface area contributed by atoms with Crippen molar-refractivity contribution in [2.24, 2.45) is 11.4 Å². The Morgan fingerprint density at radius 1 is 1.05 bits per heavy atom. The van der Waals surface area contributed by atoms with Crippen LogP contribution in [-0.4, -0.2) is 48.4 Å². The Kier molecular flexibility index (Phi) is 7.35. The highest BCUT2D eigenvalue weighted by Gasteiger charge is 2.26. The molecular formula is C27H29N3O6S2. The van der Waals surface area contributed by atoms with Crippen LogP contribution in [0.4, 0.5) is 5.69 Å². The van der Waals surface area contributed by atoms with Crippen molar-refractivity contribution in [2.45, 2.75) is 18.2 Å². The number of aryl methyl sites for hydroxylation is 1. The number of fused-ring (bicyclic) bond motifs is 1. The molecule has 0 spiro atoms. The molecule has 0 unspecified atom stereocenters. The van der Waals surface area contributed by atoms with E-state index < -0.39 is 19.6 Å². The zero-order chi connectivity index (χ0) is 27.8. The zero-order valence-electron chi connectivity index (χ0n) is 21.8. The van der Waals surface area contributed by atoms with Crippen LogP contribution in [0.3, 0.4) is 0 Å². The molecule has 0 fully saturated rings. The number of nitrogens with one attached hydrogen (secondary N) is 1. The van der Waals surface area contributed by atoms with Crippen LogP contribution in [-0.2, 0) is 37.8 Å². The summed E-state index contributed by atoms with van der Waals surface area (Å²) in [4.78, 5) is 25.7. The third-order valence-electron chi connectivity index (χ3n) is 5.89. The lowest BCUT2D eigenvalue weighted by Crippen LogP contribution is -2.26. The molecule has 1 N–H and O–H groups in total. The molecule has 3 aromatic rings. The van der Waals surface area contributed by atoms with E-state index in [2.05, 4.69) is 9.68 Å². The van der Waals surface area contributed by atoms with E-state index in [4.69, 9.17) is 4.74 Å². The molecule has 1 aliphatic rings. The number of nitrogens with zero attached hydrogens (tertiary/aromatic N) is 2. The van der Waals surface area contributed by atoms with E-state index in [1.54, 1.807) is 49.7 Å². The SMILES string of the molecule is CCNC(=O)C1=Cc2c(-c3cc(N=S(C)(C)=O)ccc3Oc3ccc(S(C)(=O)=O)cc3)cn(C)c(=O)c2C1. The van der Waals surface area contributed by atoms with Crippen molar-refractivity contribution in [1.29, 1.82) is 0 Å². The van der Waals surface area contributed by atoms with Gasteiger partial charge in [-0.05, 0) is 61.0 Å². The number of aromatic nitrogens is 1. The number of ether oxygens (including phenoxy) is 1. The fourth-order valence-electron chi connectivity index (χ4n) is 4.21. The molecule has 0 bridgehead atoms. The minimum atomic E-state index is -3.37. The lowest BCUT2D eigenvalue weighted by molar-refractivity contribution is -0.117. The molecule has 0 radical (unpaired) electrons. The predicted molar refractivity (Wildman–Crippen MR) is 149 cm³/mol.